The van der Waals surface area contributed by atoms with Gasteiger partial charge in [-0.1, -0.05) is 53.9 Å². The molecule has 1 heterocycles. The number of hydrogen-bond donors (Lipinski definition) is 1. The van der Waals surface area contributed by atoms with Gasteiger partial charge in [0, 0.05) is 17.8 Å². The Kier molecular flexibility index (Phi) is 8.78. The number of ketones is 1. The van der Waals surface area contributed by atoms with Gasteiger partial charge in [-0.3, -0.25) is 14.4 Å². The van der Waals surface area contributed by atoms with E-state index in [0.29, 0.717) is 24.7 Å². The van der Waals surface area contributed by atoms with Crippen molar-refractivity contribution in [1.29, 1.82) is 0 Å². The maximum absolute atomic E-state index is 12.8. The molecule has 0 spiro atoms. The lowest BCUT2D eigenvalue weighted by molar-refractivity contribution is -0.156. The number of hydrogen-bond acceptors (Lipinski definition) is 4. The van der Waals surface area contributed by atoms with Gasteiger partial charge in [0.2, 0.25) is 0 Å². The third-order valence-electron chi connectivity index (χ3n) is 5.73. The number of esters is 1. The van der Waals surface area contributed by atoms with Crippen LogP contribution in [0.2, 0.25) is 0 Å². The Morgan fingerprint density at radius 3 is 2.27 bits per heavy atom. The average molecular weight is 368 g/mol. The summed E-state index contributed by atoms with van der Waals surface area (Å²) in [7, 11) is 0. The number of carbonyl (C=O) groups is 3. The predicted octanol–water partition coefficient (Wildman–Crippen LogP) is 4.02. The molecule has 1 rings (SSSR count). The van der Waals surface area contributed by atoms with Gasteiger partial charge in [-0.2, -0.15) is 0 Å². The molecule has 1 fully saturated rings. The maximum atomic E-state index is 12.8. The number of carbonyl (C=O) groups excluding carboxylic acids is 3. The Hall–Kier alpha value is -1.39. The zero-order chi connectivity index (χ0) is 19.9. The second-order valence-corrected chi connectivity index (χ2v) is 8.98. The van der Waals surface area contributed by atoms with Crippen molar-refractivity contribution < 1.29 is 19.1 Å². The highest BCUT2D eigenvalue weighted by Gasteiger charge is 2.33. The summed E-state index contributed by atoms with van der Waals surface area (Å²) in [5.41, 5.74) is 4.82. The molecule has 0 aliphatic carbocycles. The summed E-state index contributed by atoms with van der Waals surface area (Å²) in [6, 6.07) is 0. The SMILES string of the molecule is CC1CCCC(C)CC(C)C(=O)C(C)(C)CCC(=O)OC(C(N)=O)CC1. The van der Waals surface area contributed by atoms with Crippen molar-refractivity contribution in [3.63, 3.8) is 0 Å². The molecule has 0 bridgehead atoms. The molecule has 0 radical (unpaired) electrons. The van der Waals surface area contributed by atoms with Gasteiger partial charge in [0.05, 0.1) is 0 Å². The average Bonchev–Trinajstić information content (AvgIpc) is 2.54. The minimum Gasteiger partial charge on any atom is -0.452 e. The van der Waals surface area contributed by atoms with E-state index < -0.39 is 23.4 Å². The molecule has 0 saturated carbocycles. The van der Waals surface area contributed by atoms with Crippen LogP contribution in [0.3, 0.4) is 0 Å². The number of primary amides is 1. The van der Waals surface area contributed by atoms with E-state index in [4.69, 9.17) is 10.5 Å². The van der Waals surface area contributed by atoms with Gasteiger partial charge in [0.15, 0.2) is 6.10 Å². The molecule has 5 heteroatoms. The highest BCUT2D eigenvalue weighted by molar-refractivity contribution is 5.87. The monoisotopic (exact) mass is 367 g/mol. The smallest absolute Gasteiger partial charge is 0.306 e. The minimum absolute atomic E-state index is 0.0142. The zero-order valence-corrected chi connectivity index (χ0v) is 17.2. The number of rotatable bonds is 1. The van der Waals surface area contributed by atoms with Crippen LogP contribution in [-0.2, 0) is 19.1 Å². The van der Waals surface area contributed by atoms with E-state index >= 15 is 0 Å². The molecule has 1 amide bonds. The fourth-order valence-corrected chi connectivity index (χ4v) is 3.91. The highest BCUT2D eigenvalue weighted by Crippen LogP contribution is 2.31. The molecule has 2 N–H and O–H groups in total. The van der Waals surface area contributed by atoms with Crippen LogP contribution in [0.15, 0.2) is 0 Å². The van der Waals surface area contributed by atoms with Gasteiger partial charge < -0.3 is 10.5 Å². The molecular formula is C21H37NO4. The van der Waals surface area contributed by atoms with E-state index in [1.165, 1.54) is 0 Å². The van der Waals surface area contributed by atoms with E-state index in [1.54, 1.807) is 0 Å². The first-order valence-corrected chi connectivity index (χ1v) is 10.1. The van der Waals surface area contributed by atoms with Crippen molar-refractivity contribution in [3.8, 4) is 0 Å². The van der Waals surface area contributed by atoms with Crippen molar-refractivity contribution in [3.05, 3.63) is 0 Å². The Morgan fingerprint density at radius 2 is 1.65 bits per heavy atom. The van der Waals surface area contributed by atoms with Gasteiger partial charge in [0.1, 0.15) is 5.78 Å². The molecule has 26 heavy (non-hydrogen) atoms. The van der Waals surface area contributed by atoms with Crippen LogP contribution < -0.4 is 5.73 Å². The molecule has 1 aliphatic rings. The van der Waals surface area contributed by atoms with Crippen LogP contribution >= 0.6 is 0 Å². The number of ether oxygens (including phenoxy) is 1. The van der Waals surface area contributed by atoms with Crippen LogP contribution in [0.5, 0.6) is 0 Å². The number of amides is 1. The molecule has 4 atom stereocenters. The summed E-state index contributed by atoms with van der Waals surface area (Å²) in [4.78, 5) is 36.6. The Balaban J connectivity index is 2.87. The van der Waals surface area contributed by atoms with E-state index in [0.717, 1.165) is 32.1 Å². The molecule has 1 saturated heterocycles. The Bertz CT molecular complexity index is 500. The number of cyclic esters (lactones) is 1. The first kappa shape index (κ1) is 22.7. The molecule has 0 aromatic heterocycles. The lowest BCUT2D eigenvalue weighted by Crippen LogP contribution is -2.35. The normalized spacial score (nSPS) is 32.7. The summed E-state index contributed by atoms with van der Waals surface area (Å²) >= 11 is 0. The lowest BCUT2D eigenvalue weighted by atomic mass is 9.75. The maximum Gasteiger partial charge on any atom is 0.306 e. The highest BCUT2D eigenvalue weighted by atomic mass is 16.5. The van der Waals surface area contributed by atoms with Crippen LogP contribution in [0.25, 0.3) is 0 Å². The summed E-state index contributed by atoms with van der Waals surface area (Å²) in [5.74, 6) is 0.102. The van der Waals surface area contributed by atoms with E-state index in [-0.39, 0.29) is 18.1 Å². The van der Waals surface area contributed by atoms with Crippen LogP contribution in [0, 0.1) is 23.2 Å². The van der Waals surface area contributed by atoms with Crippen molar-refractivity contribution >= 4 is 17.7 Å². The van der Waals surface area contributed by atoms with E-state index in [9.17, 15) is 14.4 Å². The van der Waals surface area contributed by atoms with Gasteiger partial charge in [-0.05, 0) is 37.5 Å². The van der Waals surface area contributed by atoms with Crippen molar-refractivity contribution in [2.24, 2.45) is 28.9 Å². The van der Waals surface area contributed by atoms with Gasteiger partial charge in [0.25, 0.3) is 5.91 Å². The predicted molar refractivity (Wildman–Crippen MR) is 102 cm³/mol. The molecular weight excluding hydrogens is 330 g/mol. The van der Waals surface area contributed by atoms with Gasteiger partial charge in [-0.15, -0.1) is 0 Å². The molecule has 4 unspecified atom stereocenters. The summed E-state index contributed by atoms with van der Waals surface area (Å²) in [5, 5.41) is 0. The molecule has 0 aromatic carbocycles. The minimum atomic E-state index is -0.866. The van der Waals surface area contributed by atoms with Crippen molar-refractivity contribution in [2.45, 2.75) is 92.1 Å². The fourth-order valence-electron chi connectivity index (χ4n) is 3.91. The van der Waals surface area contributed by atoms with Crippen molar-refractivity contribution in [2.75, 3.05) is 0 Å². The van der Waals surface area contributed by atoms with Crippen LogP contribution in [-0.4, -0.2) is 23.8 Å². The second kappa shape index (κ2) is 10.1. The molecule has 5 nitrogen and oxygen atoms in total. The third kappa shape index (κ3) is 7.46. The summed E-state index contributed by atoms with van der Waals surface area (Å²) in [6.07, 6.45) is 5.14. The standard InChI is InChI=1S/C21H37NO4/c1-14-7-6-8-15(2)13-16(3)19(24)21(4,5)12-11-18(23)26-17(10-9-14)20(22)25/h14-17H,6-13H2,1-5H3,(H2,22,25). The van der Waals surface area contributed by atoms with E-state index in [1.807, 2.05) is 20.8 Å². The Labute approximate surface area is 158 Å². The van der Waals surface area contributed by atoms with Crippen molar-refractivity contribution in [1.82, 2.24) is 0 Å². The topological polar surface area (TPSA) is 86.5 Å². The Morgan fingerprint density at radius 1 is 1.04 bits per heavy atom. The molecule has 0 aromatic rings. The van der Waals surface area contributed by atoms with Crippen LogP contribution in [0.4, 0.5) is 0 Å². The summed E-state index contributed by atoms with van der Waals surface area (Å²) in [6.45, 7) is 10.1. The largest absolute Gasteiger partial charge is 0.452 e. The summed E-state index contributed by atoms with van der Waals surface area (Å²) < 4.78 is 5.31. The zero-order valence-electron chi connectivity index (χ0n) is 17.2. The first-order chi connectivity index (χ1) is 12.0. The lowest BCUT2D eigenvalue weighted by Gasteiger charge is -2.28. The quantitative estimate of drug-likeness (QED) is 0.709. The first-order valence-electron chi connectivity index (χ1n) is 10.1. The van der Waals surface area contributed by atoms with Crippen LogP contribution in [0.1, 0.15) is 86.0 Å². The molecule has 150 valence electrons. The molecule has 1 aliphatic heterocycles. The second-order valence-electron chi connectivity index (χ2n) is 8.98. The fraction of sp³-hybridized carbons (Fsp3) is 0.857. The number of nitrogens with two attached hydrogens (primary N) is 1. The van der Waals surface area contributed by atoms with E-state index in [2.05, 4.69) is 13.8 Å². The van der Waals surface area contributed by atoms with Gasteiger partial charge in [-0.25, -0.2) is 0 Å². The van der Waals surface area contributed by atoms with Gasteiger partial charge >= 0.3 is 5.97 Å². The number of Topliss-reactive ketones (excluding diaryl/α,β-unsaturated/α-hetero) is 1. The third-order valence-corrected chi connectivity index (χ3v) is 5.73.